The van der Waals surface area contributed by atoms with Crippen molar-refractivity contribution in [2.75, 3.05) is 38.2 Å². The molecule has 0 unspecified atom stereocenters. The molecule has 1 heterocycles. The number of benzene rings is 2. The van der Waals surface area contributed by atoms with Crippen molar-refractivity contribution in [1.82, 2.24) is 10.2 Å². The Bertz CT molecular complexity index is 784. The molecule has 0 aliphatic carbocycles. The first-order valence-electron chi connectivity index (χ1n) is 9.12. The molecule has 0 bridgehead atoms. The van der Waals surface area contributed by atoms with Crippen LogP contribution in [0.15, 0.2) is 48.5 Å². The quantitative estimate of drug-likeness (QED) is 0.893. The molecule has 2 aromatic rings. The van der Waals surface area contributed by atoms with Gasteiger partial charge in [-0.3, -0.25) is 0 Å². The van der Waals surface area contributed by atoms with Crippen molar-refractivity contribution < 1.29 is 13.9 Å². The van der Waals surface area contributed by atoms with Gasteiger partial charge in [0.25, 0.3) is 0 Å². The summed E-state index contributed by atoms with van der Waals surface area (Å²) in [6, 6.07) is 14.3. The fourth-order valence-corrected chi connectivity index (χ4v) is 3.28. The third-order valence-corrected chi connectivity index (χ3v) is 4.99. The normalized spacial score (nSPS) is 14.8. The highest BCUT2D eigenvalue weighted by Gasteiger charge is 2.28. The zero-order chi connectivity index (χ0) is 19.4. The predicted octanol–water partition coefficient (Wildman–Crippen LogP) is 3.60. The van der Waals surface area contributed by atoms with Gasteiger partial charge in [0.2, 0.25) is 0 Å². The van der Waals surface area contributed by atoms with E-state index in [1.165, 1.54) is 6.07 Å². The van der Waals surface area contributed by atoms with Gasteiger partial charge in [-0.1, -0.05) is 24.3 Å². The number of anilines is 1. The number of nitrogens with one attached hydrogen (secondary N) is 1. The Hall–Kier alpha value is -2.76. The number of carbonyl (C=O) groups is 1. The van der Waals surface area contributed by atoms with Gasteiger partial charge in [-0.25, -0.2) is 9.18 Å². The minimum atomic E-state index is -0.508. The molecule has 27 heavy (non-hydrogen) atoms. The topological polar surface area (TPSA) is 44.8 Å². The second-order valence-electron chi connectivity index (χ2n) is 7.21. The van der Waals surface area contributed by atoms with Crippen molar-refractivity contribution in [3.63, 3.8) is 0 Å². The number of amides is 2. The molecule has 1 saturated heterocycles. The van der Waals surface area contributed by atoms with Crippen LogP contribution >= 0.6 is 0 Å². The number of carbonyl (C=O) groups excluding carboxylic acids is 1. The third-order valence-electron chi connectivity index (χ3n) is 4.99. The molecule has 0 atom stereocenters. The standard InChI is InChI=1S/C21H26FN3O2/c1-21(2,16-8-10-17(27-3)11-9-16)23-20(26)25-14-12-24(13-15-25)19-7-5-4-6-18(19)22/h4-11H,12-15H2,1-3H3,(H,23,26). The number of methoxy groups -OCH3 is 1. The van der Waals surface area contributed by atoms with E-state index in [1.807, 2.05) is 49.1 Å². The SMILES string of the molecule is COc1ccc(C(C)(C)NC(=O)N2CCN(c3ccccc3F)CC2)cc1. The number of hydrogen-bond donors (Lipinski definition) is 1. The van der Waals surface area contributed by atoms with Crippen LogP contribution in [0.5, 0.6) is 5.75 Å². The fraction of sp³-hybridized carbons (Fsp3) is 0.381. The Morgan fingerprint density at radius 3 is 2.26 bits per heavy atom. The number of ether oxygens (including phenoxy) is 1. The molecular weight excluding hydrogens is 345 g/mol. The second kappa shape index (κ2) is 7.86. The lowest BCUT2D eigenvalue weighted by atomic mass is 9.94. The summed E-state index contributed by atoms with van der Waals surface area (Å²) in [7, 11) is 1.63. The largest absolute Gasteiger partial charge is 0.497 e. The van der Waals surface area contributed by atoms with E-state index in [9.17, 15) is 9.18 Å². The van der Waals surface area contributed by atoms with E-state index >= 15 is 0 Å². The third kappa shape index (κ3) is 4.32. The van der Waals surface area contributed by atoms with Crippen molar-refractivity contribution in [3.8, 4) is 5.75 Å². The fourth-order valence-electron chi connectivity index (χ4n) is 3.28. The zero-order valence-corrected chi connectivity index (χ0v) is 16.0. The van der Waals surface area contributed by atoms with Gasteiger partial charge in [-0.05, 0) is 43.7 Å². The molecular formula is C21H26FN3O2. The predicted molar refractivity (Wildman–Crippen MR) is 105 cm³/mol. The number of para-hydroxylation sites is 1. The highest BCUT2D eigenvalue weighted by molar-refractivity contribution is 5.75. The zero-order valence-electron chi connectivity index (χ0n) is 16.0. The van der Waals surface area contributed by atoms with Gasteiger partial charge >= 0.3 is 6.03 Å². The van der Waals surface area contributed by atoms with E-state index < -0.39 is 5.54 Å². The Labute approximate surface area is 159 Å². The highest BCUT2D eigenvalue weighted by Crippen LogP contribution is 2.24. The number of rotatable bonds is 4. The summed E-state index contributed by atoms with van der Waals surface area (Å²) in [6.45, 7) is 6.27. The maximum atomic E-state index is 14.0. The van der Waals surface area contributed by atoms with Gasteiger partial charge in [-0.15, -0.1) is 0 Å². The monoisotopic (exact) mass is 371 g/mol. The summed E-state index contributed by atoms with van der Waals surface area (Å²) >= 11 is 0. The molecule has 1 aliphatic rings. The molecule has 0 spiro atoms. The lowest BCUT2D eigenvalue weighted by molar-refractivity contribution is 0.183. The summed E-state index contributed by atoms with van der Waals surface area (Å²) in [5.74, 6) is 0.557. The lowest BCUT2D eigenvalue weighted by Crippen LogP contribution is -2.55. The van der Waals surface area contributed by atoms with Gasteiger partial charge in [0, 0.05) is 26.2 Å². The van der Waals surface area contributed by atoms with Crippen LogP contribution in [0.1, 0.15) is 19.4 Å². The molecule has 0 radical (unpaired) electrons. The van der Waals surface area contributed by atoms with E-state index in [-0.39, 0.29) is 11.8 Å². The van der Waals surface area contributed by atoms with Crippen molar-refractivity contribution in [2.45, 2.75) is 19.4 Å². The van der Waals surface area contributed by atoms with Crippen LogP contribution in [0.2, 0.25) is 0 Å². The number of halogens is 1. The Balaban J connectivity index is 1.59. The first kappa shape index (κ1) is 19.0. The number of hydrogen-bond acceptors (Lipinski definition) is 3. The Morgan fingerprint density at radius 1 is 1.04 bits per heavy atom. The summed E-state index contributed by atoms with van der Waals surface area (Å²) in [4.78, 5) is 16.5. The maximum absolute atomic E-state index is 14.0. The van der Waals surface area contributed by atoms with Crippen molar-refractivity contribution in [3.05, 3.63) is 59.9 Å². The van der Waals surface area contributed by atoms with Gasteiger partial charge in [-0.2, -0.15) is 0 Å². The molecule has 2 aromatic carbocycles. The molecule has 2 amide bonds. The number of piperazine rings is 1. The van der Waals surface area contributed by atoms with Gasteiger partial charge in [0.1, 0.15) is 11.6 Å². The van der Waals surface area contributed by atoms with Gasteiger partial charge in [0.05, 0.1) is 18.3 Å². The second-order valence-corrected chi connectivity index (χ2v) is 7.21. The average molecular weight is 371 g/mol. The van der Waals surface area contributed by atoms with E-state index in [4.69, 9.17) is 4.74 Å². The molecule has 0 aromatic heterocycles. The first-order chi connectivity index (χ1) is 12.9. The average Bonchev–Trinajstić information content (AvgIpc) is 2.68. The molecule has 1 fully saturated rings. The van der Waals surface area contributed by atoms with Crippen LogP contribution in [0, 0.1) is 5.82 Å². The van der Waals surface area contributed by atoms with Crippen LogP contribution < -0.4 is 15.0 Å². The van der Waals surface area contributed by atoms with E-state index in [1.54, 1.807) is 24.1 Å². The van der Waals surface area contributed by atoms with Crippen LogP contribution in [0.25, 0.3) is 0 Å². The van der Waals surface area contributed by atoms with Crippen LogP contribution in [0.4, 0.5) is 14.9 Å². The molecule has 0 saturated carbocycles. The maximum Gasteiger partial charge on any atom is 0.318 e. The minimum absolute atomic E-state index is 0.107. The van der Waals surface area contributed by atoms with Crippen molar-refractivity contribution in [1.29, 1.82) is 0 Å². The minimum Gasteiger partial charge on any atom is -0.497 e. The summed E-state index contributed by atoms with van der Waals surface area (Å²) in [6.07, 6.45) is 0. The van der Waals surface area contributed by atoms with E-state index in [0.29, 0.717) is 31.9 Å². The molecule has 5 nitrogen and oxygen atoms in total. The molecule has 144 valence electrons. The summed E-state index contributed by atoms with van der Waals surface area (Å²) in [5, 5.41) is 3.10. The van der Waals surface area contributed by atoms with E-state index in [2.05, 4.69) is 5.32 Å². The summed E-state index contributed by atoms with van der Waals surface area (Å²) in [5.41, 5.74) is 1.09. The van der Waals surface area contributed by atoms with Gasteiger partial charge < -0.3 is 19.9 Å². The molecule has 1 N–H and O–H groups in total. The Morgan fingerprint density at radius 2 is 1.67 bits per heavy atom. The van der Waals surface area contributed by atoms with Crippen LogP contribution in [-0.2, 0) is 5.54 Å². The lowest BCUT2D eigenvalue weighted by Gasteiger charge is -2.38. The number of nitrogens with zero attached hydrogens (tertiary/aromatic N) is 2. The summed E-state index contributed by atoms with van der Waals surface area (Å²) < 4.78 is 19.1. The molecule has 1 aliphatic heterocycles. The first-order valence-corrected chi connectivity index (χ1v) is 9.12. The van der Waals surface area contributed by atoms with E-state index in [0.717, 1.165) is 11.3 Å². The smallest absolute Gasteiger partial charge is 0.318 e. The van der Waals surface area contributed by atoms with Crippen molar-refractivity contribution >= 4 is 11.7 Å². The molecule has 3 rings (SSSR count). The van der Waals surface area contributed by atoms with Gasteiger partial charge in [0.15, 0.2) is 0 Å². The van der Waals surface area contributed by atoms with Crippen molar-refractivity contribution in [2.24, 2.45) is 0 Å². The molecule has 6 heteroatoms. The number of urea groups is 1. The Kier molecular flexibility index (Phi) is 5.54. The van der Waals surface area contributed by atoms with Crippen LogP contribution in [0.3, 0.4) is 0 Å². The highest BCUT2D eigenvalue weighted by atomic mass is 19.1. The van der Waals surface area contributed by atoms with Crippen LogP contribution in [-0.4, -0.2) is 44.2 Å².